The average molecular weight is 394 g/mol. The van der Waals surface area contributed by atoms with Crippen molar-refractivity contribution in [2.24, 2.45) is 0 Å². The van der Waals surface area contributed by atoms with Gasteiger partial charge < -0.3 is 24.8 Å². The molecule has 29 heavy (non-hydrogen) atoms. The standard InChI is InChI=1S/C21H22N4O4/c1-13-22-18(12-20(23-13)24-14-6-5-7-15(10-14)27-2)21(26)25-17-9-8-16(28-3)11-19(17)29-4/h5-12H,1-4H3,(H,25,26)(H,22,23,24). The minimum absolute atomic E-state index is 0.223. The second-order valence-electron chi connectivity index (χ2n) is 6.06. The smallest absolute Gasteiger partial charge is 0.274 e. The van der Waals surface area contributed by atoms with E-state index in [9.17, 15) is 4.79 Å². The molecule has 0 saturated carbocycles. The quantitative estimate of drug-likeness (QED) is 0.629. The molecule has 2 N–H and O–H groups in total. The molecule has 150 valence electrons. The molecule has 1 aromatic heterocycles. The third-order valence-corrected chi connectivity index (χ3v) is 4.07. The highest BCUT2D eigenvalue weighted by Crippen LogP contribution is 2.29. The van der Waals surface area contributed by atoms with Crippen LogP contribution in [0.3, 0.4) is 0 Å². The highest BCUT2D eigenvalue weighted by Gasteiger charge is 2.14. The Morgan fingerprint density at radius 3 is 2.38 bits per heavy atom. The van der Waals surface area contributed by atoms with Crippen LogP contribution in [0.25, 0.3) is 0 Å². The van der Waals surface area contributed by atoms with Gasteiger partial charge in [-0.05, 0) is 31.2 Å². The summed E-state index contributed by atoms with van der Waals surface area (Å²) in [5.41, 5.74) is 1.52. The molecule has 1 heterocycles. The SMILES string of the molecule is COc1cccc(Nc2cc(C(=O)Nc3ccc(OC)cc3OC)nc(C)n2)c1. The summed E-state index contributed by atoms with van der Waals surface area (Å²) in [6, 6.07) is 14.1. The van der Waals surface area contributed by atoms with Crippen molar-refractivity contribution in [1.82, 2.24) is 9.97 Å². The molecule has 8 heteroatoms. The van der Waals surface area contributed by atoms with Gasteiger partial charge in [-0.3, -0.25) is 4.79 Å². The van der Waals surface area contributed by atoms with Gasteiger partial charge in [0.1, 0.15) is 34.6 Å². The molecular weight excluding hydrogens is 372 g/mol. The lowest BCUT2D eigenvalue weighted by Gasteiger charge is -2.12. The molecule has 0 bridgehead atoms. The topological polar surface area (TPSA) is 94.6 Å². The van der Waals surface area contributed by atoms with Gasteiger partial charge in [0, 0.05) is 23.9 Å². The lowest BCUT2D eigenvalue weighted by atomic mass is 10.2. The first-order valence-corrected chi connectivity index (χ1v) is 8.82. The van der Waals surface area contributed by atoms with Gasteiger partial charge in [0.2, 0.25) is 0 Å². The number of aromatic nitrogens is 2. The second-order valence-corrected chi connectivity index (χ2v) is 6.06. The number of amides is 1. The second kappa shape index (κ2) is 8.92. The highest BCUT2D eigenvalue weighted by atomic mass is 16.5. The zero-order chi connectivity index (χ0) is 20.8. The fourth-order valence-electron chi connectivity index (χ4n) is 2.68. The minimum atomic E-state index is -0.382. The molecule has 1 amide bonds. The molecule has 0 unspecified atom stereocenters. The van der Waals surface area contributed by atoms with E-state index >= 15 is 0 Å². The van der Waals surface area contributed by atoms with E-state index in [1.54, 1.807) is 45.4 Å². The Bertz CT molecular complexity index is 1020. The van der Waals surface area contributed by atoms with Gasteiger partial charge in [0.15, 0.2) is 0 Å². The fourth-order valence-corrected chi connectivity index (χ4v) is 2.68. The molecule has 0 radical (unpaired) electrons. The van der Waals surface area contributed by atoms with Crippen LogP contribution in [0, 0.1) is 6.92 Å². The molecule has 8 nitrogen and oxygen atoms in total. The molecule has 0 atom stereocenters. The molecule has 0 aliphatic rings. The van der Waals surface area contributed by atoms with Crippen molar-refractivity contribution >= 4 is 23.1 Å². The molecule has 0 aliphatic carbocycles. The number of anilines is 3. The van der Waals surface area contributed by atoms with Gasteiger partial charge in [-0.1, -0.05) is 6.07 Å². The fraction of sp³-hybridized carbons (Fsp3) is 0.190. The van der Waals surface area contributed by atoms with Crippen molar-refractivity contribution in [3.8, 4) is 17.2 Å². The first-order valence-electron chi connectivity index (χ1n) is 8.82. The maximum absolute atomic E-state index is 12.8. The number of carbonyl (C=O) groups excluding carboxylic acids is 1. The normalized spacial score (nSPS) is 10.2. The van der Waals surface area contributed by atoms with Gasteiger partial charge in [-0.2, -0.15) is 0 Å². The van der Waals surface area contributed by atoms with Crippen molar-refractivity contribution in [2.75, 3.05) is 32.0 Å². The Morgan fingerprint density at radius 2 is 1.66 bits per heavy atom. The van der Waals surface area contributed by atoms with Crippen LogP contribution in [0.1, 0.15) is 16.3 Å². The van der Waals surface area contributed by atoms with Crippen LogP contribution in [0.4, 0.5) is 17.2 Å². The van der Waals surface area contributed by atoms with Crippen LogP contribution >= 0.6 is 0 Å². The molecule has 0 aliphatic heterocycles. The number of aryl methyl sites for hydroxylation is 1. The number of nitrogens with one attached hydrogen (secondary N) is 2. The molecule has 0 saturated heterocycles. The van der Waals surface area contributed by atoms with E-state index in [1.165, 1.54) is 7.11 Å². The lowest BCUT2D eigenvalue weighted by molar-refractivity contribution is 0.102. The summed E-state index contributed by atoms with van der Waals surface area (Å²) in [7, 11) is 4.69. The van der Waals surface area contributed by atoms with E-state index in [2.05, 4.69) is 20.6 Å². The number of carbonyl (C=O) groups is 1. The number of hydrogen-bond donors (Lipinski definition) is 2. The van der Waals surface area contributed by atoms with Gasteiger partial charge in [-0.15, -0.1) is 0 Å². The highest BCUT2D eigenvalue weighted by molar-refractivity contribution is 6.04. The largest absolute Gasteiger partial charge is 0.497 e. The summed E-state index contributed by atoms with van der Waals surface area (Å²) < 4.78 is 15.7. The lowest BCUT2D eigenvalue weighted by Crippen LogP contribution is -2.16. The number of methoxy groups -OCH3 is 3. The van der Waals surface area contributed by atoms with Crippen molar-refractivity contribution in [3.05, 3.63) is 60.0 Å². The summed E-state index contributed by atoms with van der Waals surface area (Å²) in [6.45, 7) is 1.72. The number of benzene rings is 2. The van der Waals surface area contributed by atoms with Crippen LogP contribution in [0.5, 0.6) is 17.2 Å². The van der Waals surface area contributed by atoms with Crippen molar-refractivity contribution in [1.29, 1.82) is 0 Å². The first-order chi connectivity index (χ1) is 14.0. The first kappa shape index (κ1) is 19.9. The van der Waals surface area contributed by atoms with Gasteiger partial charge in [0.25, 0.3) is 5.91 Å². The average Bonchev–Trinajstić information content (AvgIpc) is 2.73. The maximum atomic E-state index is 12.8. The number of ether oxygens (including phenoxy) is 3. The van der Waals surface area contributed by atoms with E-state index in [-0.39, 0.29) is 11.6 Å². The summed E-state index contributed by atoms with van der Waals surface area (Å²) >= 11 is 0. The number of nitrogens with zero attached hydrogens (tertiary/aromatic N) is 2. The molecular formula is C21H22N4O4. The van der Waals surface area contributed by atoms with Crippen molar-refractivity contribution in [2.45, 2.75) is 6.92 Å². The van der Waals surface area contributed by atoms with Crippen LogP contribution in [-0.2, 0) is 0 Å². The zero-order valence-electron chi connectivity index (χ0n) is 16.6. The third kappa shape index (κ3) is 4.92. The zero-order valence-corrected chi connectivity index (χ0v) is 16.6. The van der Waals surface area contributed by atoms with Gasteiger partial charge in [-0.25, -0.2) is 9.97 Å². The van der Waals surface area contributed by atoms with E-state index in [0.717, 1.165) is 5.69 Å². The van der Waals surface area contributed by atoms with Crippen molar-refractivity contribution < 1.29 is 19.0 Å². The summed E-state index contributed by atoms with van der Waals surface area (Å²) in [5, 5.41) is 5.97. The Kier molecular flexibility index (Phi) is 6.13. The van der Waals surface area contributed by atoms with E-state index < -0.39 is 0 Å². The molecule has 0 fully saturated rings. The van der Waals surface area contributed by atoms with Gasteiger partial charge in [0.05, 0.1) is 27.0 Å². The minimum Gasteiger partial charge on any atom is -0.497 e. The van der Waals surface area contributed by atoms with Crippen LogP contribution in [0.15, 0.2) is 48.5 Å². The third-order valence-electron chi connectivity index (χ3n) is 4.07. The van der Waals surface area contributed by atoms with E-state index in [0.29, 0.717) is 34.6 Å². The number of rotatable bonds is 7. The Morgan fingerprint density at radius 1 is 0.897 bits per heavy atom. The predicted molar refractivity (Wildman–Crippen MR) is 111 cm³/mol. The maximum Gasteiger partial charge on any atom is 0.274 e. The van der Waals surface area contributed by atoms with Crippen LogP contribution in [0.2, 0.25) is 0 Å². The molecule has 3 aromatic rings. The molecule has 2 aromatic carbocycles. The summed E-state index contributed by atoms with van der Waals surface area (Å²) in [6.07, 6.45) is 0. The van der Waals surface area contributed by atoms with Crippen LogP contribution in [-0.4, -0.2) is 37.2 Å². The Hall–Kier alpha value is -3.81. The van der Waals surface area contributed by atoms with Crippen molar-refractivity contribution in [3.63, 3.8) is 0 Å². The summed E-state index contributed by atoms with van der Waals surface area (Å²) in [5.74, 6) is 2.40. The summed E-state index contributed by atoms with van der Waals surface area (Å²) in [4.78, 5) is 21.3. The predicted octanol–water partition coefficient (Wildman–Crippen LogP) is 3.81. The Balaban J connectivity index is 1.82. The molecule has 3 rings (SSSR count). The monoisotopic (exact) mass is 394 g/mol. The molecule has 0 spiro atoms. The number of hydrogen-bond acceptors (Lipinski definition) is 7. The van der Waals surface area contributed by atoms with Gasteiger partial charge >= 0.3 is 0 Å². The van der Waals surface area contributed by atoms with E-state index in [1.807, 2.05) is 24.3 Å². The van der Waals surface area contributed by atoms with E-state index in [4.69, 9.17) is 14.2 Å². The van der Waals surface area contributed by atoms with Crippen LogP contribution < -0.4 is 24.8 Å². The Labute approximate surface area is 168 Å².